The molecule has 0 aromatic rings. The van der Waals surface area contributed by atoms with E-state index in [1.165, 1.54) is 0 Å². The van der Waals surface area contributed by atoms with Gasteiger partial charge in [-0.3, -0.25) is 0 Å². The van der Waals surface area contributed by atoms with E-state index < -0.39 is 7.14 Å². The van der Waals surface area contributed by atoms with Gasteiger partial charge in [-0.25, -0.2) is 0 Å². The largest absolute Gasteiger partial charge is 0.324 e. The molecule has 0 N–H and O–H groups in total. The standard InChI is InChI=1S/C9H19OP/c1-4-6-7-9-11(3,10)8-5-2/h4H,1,5-9H2,2-3H3. The van der Waals surface area contributed by atoms with Crippen molar-refractivity contribution >= 4 is 7.14 Å². The first kappa shape index (κ1) is 11.0. The van der Waals surface area contributed by atoms with Crippen molar-refractivity contribution < 1.29 is 4.57 Å². The summed E-state index contributed by atoms with van der Waals surface area (Å²) in [5.74, 6) is 0. The molecule has 2 heteroatoms. The molecule has 0 spiro atoms. The molecule has 0 saturated carbocycles. The molecule has 1 unspecified atom stereocenters. The lowest BCUT2D eigenvalue weighted by Crippen LogP contribution is -1.92. The minimum absolute atomic E-state index is 0.896. The van der Waals surface area contributed by atoms with Gasteiger partial charge in [-0.1, -0.05) is 13.0 Å². The Kier molecular flexibility index (Phi) is 5.58. The van der Waals surface area contributed by atoms with Crippen molar-refractivity contribution in [3.8, 4) is 0 Å². The summed E-state index contributed by atoms with van der Waals surface area (Å²) in [5.41, 5.74) is 0. The zero-order chi connectivity index (χ0) is 8.74. The maximum atomic E-state index is 11.7. The summed E-state index contributed by atoms with van der Waals surface area (Å²) in [4.78, 5) is 0. The van der Waals surface area contributed by atoms with E-state index >= 15 is 0 Å². The molecule has 0 rings (SSSR count). The third-order valence-electron chi connectivity index (χ3n) is 1.74. The SMILES string of the molecule is C=CCCCP(C)(=O)CCC. The van der Waals surface area contributed by atoms with Gasteiger partial charge in [0.1, 0.15) is 0 Å². The minimum Gasteiger partial charge on any atom is -0.324 e. The lowest BCUT2D eigenvalue weighted by atomic mass is 10.3. The van der Waals surface area contributed by atoms with Crippen LogP contribution in [0.25, 0.3) is 0 Å². The number of rotatable bonds is 6. The predicted octanol–water partition coefficient (Wildman–Crippen LogP) is 3.36. The Balaban J connectivity index is 3.54. The average Bonchev–Trinajstić information content (AvgIpc) is 1.87. The van der Waals surface area contributed by atoms with Crippen LogP contribution in [0.5, 0.6) is 0 Å². The summed E-state index contributed by atoms with van der Waals surface area (Å²) in [5, 5.41) is 0. The van der Waals surface area contributed by atoms with Crippen LogP contribution in [-0.2, 0) is 4.57 Å². The third-order valence-corrected chi connectivity index (χ3v) is 4.39. The first-order valence-electron chi connectivity index (χ1n) is 4.29. The second kappa shape index (κ2) is 5.60. The van der Waals surface area contributed by atoms with Crippen molar-refractivity contribution in [3.05, 3.63) is 12.7 Å². The fourth-order valence-corrected chi connectivity index (χ4v) is 3.18. The Morgan fingerprint density at radius 1 is 1.45 bits per heavy atom. The van der Waals surface area contributed by atoms with Crippen molar-refractivity contribution in [1.29, 1.82) is 0 Å². The molecule has 0 aliphatic carbocycles. The molecule has 0 heterocycles. The van der Waals surface area contributed by atoms with Crippen LogP contribution in [-0.4, -0.2) is 19.0 Å². The summed E-state index contributed by atoms with van der Waals surface area (Å²) >= 11 is 0. The summed E-state index contributed by atoms with van der Waals surface area (Å²) < 4.78 is 11.7. The van der Waals surface area contributed by atoms with Gasteiger partial charge >= 0.3 is 0 Å². The molecular weight excluding hydrogens is 155 g/mol. The van der Waals surface area contributed by atoms with Crippen LogP contribution in [0.4, 0.5) is 0 Å². The molecule has 1 nitrogen and oxygen atoms in total. The second-order valence-corrected chi connectivity index (χ2v) is 6.66. The quantitative estimate of drug-likeness (QED) is 0.343. The smallest absolute Gasteiger partial charge is 0.0848 e. The second-order valence-electron chi connectivity index (χ2n) is 3.17. The molecule has 11 heavy (non-hydrogen) atoms. The molecule has 0 aliphatic heterocycles. The van der Waals surface area contributed by atoms with E-state index in [0.29, 0.717) is 0 Å². The highest BCUT2D eigenvalue weighted by atomic mass is 31.2. The molecule has 66 valence electrons. The van der Waals surface area contributed by atoms with E-state index in [4.69, 9.17) is 0 Å². The minimum atomic E-state index is -1.77. The summed E-state index contributed by atoms with van der Waals surface area (Å²) in [6.45, 7) is 7.64. The Morgan fingerprint density at radius 3 is 2.55 bits per heavy atom. The Labute approximate surface area is 70.3 Å². The number of allylic oxidation sites excluding steroid dienone is 1. The van der Waals surface area contributed by atoms with Gasteiger partial charge in [0.15, 0.2) is 0 Å². The molecule has 0 radical (unpaired) electrons. The molecule has 0 fully saturated rings. The lowest BCUT2D eigenvalue weighted by Gasteiger charge is -2.09. The average molecular weight is 174 g/mol. The van der Waals surface area contributed by atoms with Crippen molar-refractivity contribution in [2.24, 2.45) is 0 Å². The normalized spacial score (nSPS) is 15.8. The molecule has 0 aliphatic rings. The van der Waals surface area contributed by atoms with Gasteiger partial charge in [-0.15, -0.1) is 6.58 Å². The van der Waals surface area contributed by atoms with E-state index in [2.05, 4.69) is 13.5 Å². The van der Waals surface area contributed by atoms with Crippen LogP contribution in [0.2, 0.25) is 0 Å². The van der Waals surface area contributed by atoms with Gasteiger partial charge in [-0.2, -0.15) is 0 Å². The molecular formula is C9H19OP. The van der Waals surface area contributed by atoms with Gasteiger partial charge in [0, 0.05) is 12.3 Å². The van der Waals surface area contributed by atoms with E-state index in [-0.39, 0.29) is 0 Å². The lowest BCUT2D eigenvalue weighted by molar-refractivity contribution is 0.576. The molecule has 0 amide bonds. The predicted molar refractivity (Wildman–Crippen MR) is 53.0 cm³/mol. The fourth-order valence-electron chi connectivity index (χ4n) is 1.15. The Hall–Kier alpha value is -0.0300. The highest BCUT2D eigenvalue weighted by Gasteiger charge is 2.11. The maximum absolute atomic E-state index is 11.7. The topological polar surface area (TPSA) is 17.1 Å². The van der Waals surface area contributed by atoms with Crippen LogP contribution >= 0.6 is 7.14 Å². The molecule has 0 bridgehead atoms. The van der Waals surface area contributed by atoms with Crippen LogP contribution in [0, 0.1) is 0 Å². The van der Waals surface area contributed by atoms with Gasteiger partial charge in [-0.05, 0) is 25.9 Å². The summed E-state index contributed by atoms with van der Waals surface area (Å²) in [7, 11) is -1.77. The van der Waals surface area contributed by atoms with Gasteiger partial charge < -0.3 is 4.57 Å². The number of hydrogen-bond acceptors (Lipinski definition) is 1. The number of hydrogen-bond donors (Lipinski definition) is 0. The van der Waals surface area contributed by atoms with E-state index in [9.17, 15) is 4.57 Å². The molecule has 1 atom stereocenters. The zero-order valence-corrected chi connectivity index (χ0v) is 8.57. The van der Waals surface area contributed by atoms with Crippen molar-refractivity contribution in [3.63, 3.8) is 0 Å². The summed E-state index contributed by atoms with van der Waals surface area (Å²) in [6.07, 6.45) is 6.78. The highest BCUT2D eigenvalue weighted by Crippen LogP contribution is 2.42. The molecule has 0 aromatic carbocycles. The molecule has 0 aromatic heterocycles. The Bertz CT molecular complexity index is 152. The summed E-state index contributed by atoms with van der Waals surface area (Å²) in [6, 6.07) is 0. The van der Waals surface area contributed by atoms with Crippen molar-refractivity contribution in [1.82, 2.24) is 0 Å². The van der Waals surface area contributed by atoms with Gasteiger partial charge in [0.25, 0.3) is 0 Å². The van der Waals surface area contributed by atoms with E-state index in [0.717, 1.165) is 31.6 Å². The number of unbranched alkanes of at least 4 members (excludes halogenated alkanes) is 1. The Morgan fingerprint density at radius 2 is 2.09 bits per heavy atom. The first-order valence-corrected chi connectivity index (χ1v) is 6.81. The van der Waals surface area contributed by atoms with Gasteiger partial charge in [0.2, 0.25) is 0 Å². The van der Waals surface area contributed by atoms with E-state index in [1.807, 2.05) is 12.7 Å². The van der Waals surface area contributed by atoms with E-state index in [1.54, 1.807) is 0 Å². The first-order chi connectivity index (χ1) is 5.12. The van der Waals surface area contributed by atoms with Crippen LogP contribution in [0.1, 0.15) is 26.2 Å². The highest BCUT2D eigenvalue weighted by molar-refractivity contribution is 7.63. The fraction of sp³-hybridized carbons (Fsp3) is 0.778. The zero-order valence-electron chi connectivity index (χ0n) is 7.68. The van der Waals surface area contributed by atoms with Crippen molar-refractivity contribution in [2.75, 3.05) is 19.0 Å². The maximum Gasteiger partial charge on any atom is 0.0848 e. The van der Waals surface area contributed by atoms with Crippen LogP contribution in [0.15, 0.2) is 12.7 Å². The van der Waals surface area contributed by atoms with Crippen molar-refractivity contribution in [2.45, 2.75) is 26.2 Å². The molecule has 0 saturated heterocycles. The third kappa shape index (κ3) is 6.37. The van der Waals surface area contributed by atoms with Crippen LogP contribution < -0.4 is 0 Å². The van der Waals surface area contributed by atoms with Crippen LogP contribution in [0.3, 0.4) is 0 Å². The van der Waals surface area contributed by atoms with Gasteiger partial charge in [0.05, 0.1) is 7.14 Å². The monoisotopic (exact) mass is 174 g/mol.